The zero-order valence-electron chi connectivity index (χ0n) is 18.1. The minimum absolute atomic E-state index is 0.103. The van der Waals surface area contributed by atoms with Gasteiger partial charge in [-0.15, -0.1) is 11.8 Å². The van der Waals surface area contributed by atoms with Crippen LogP contribution in [0.1, 0.15) is 53.6 Å². The number of nitrogens with one attached hydrogen (secondary N) is 1. The lowest BCUT2D eigenvalue weighted by atomic mass is 10.0. The van der Waals surface area contributed by atoms with E-state index in [9.17, 15) is 4.79 Å². The summed E-state index contributed by atoms with van der Waals surface area (Å²) in [6.45, 7) is 6.35. The molecule has 1 N–H and O–H groups in total. The molecule has 2 aromatic carbocycles. The molecule has 4 rings (SSSR count). The van der Waals surface area contributed by atoms with Gasteiger partial charge < -0.3 is 9.84 Å². The van der Waals surface area contributed by atoms with Gasteiger partial charge in [-0.05, 0) is 63.1 Å². The minimum Gasteiger partial charge on any atom is -0.360 e. The van der Waals surface area contributed by atoms with Crippen LogP contribution in [0.4, 0.5) is 5.69 Å². The monoisotopic (exact) mass is 435 g/mol. The van der Waals surface area contributed by atoms with Crippen LogP contribution in [0.25, 0.3) is 0 Å². The summed E-state index contributed by atoms with van der Waals surface area (Å²) >= 11 is 1.57. The Labute approximate surface area is 188 Å². The molecule has 5 nitrogen and oxygen atoms in total. The molecule has 2 heterocycles. The molecule has 0 saturated carbocycles. The van der Waals surface area contributed by atoms with Gasteiger partial charge in [-0.1, -0.05) is 35.8 Å². The summed E-state index contributed by atoms with van der Waals surface area (Å²) in [5, 5.41) is 6.96. The first-order valence-corrected chi connectivity index (χ1v) is 11.9. The van der Waals surface area contributed by atoms with E-state index in [1.807, 2.05) is 49.4 Å². The number of nitrogens with zero attached hydrogens (tertiary/aromatic N) is 2. The fraction of sp³-hybridized carbons (Fsp3) is 0.360. The van der Waals surface area contributed by atoms with Crippen LogP contribution in [0.15, 0.2) is 64.0 Å². The van der Waals surface area contributed by atoms with Crippen LogP contribution in [0.3, 0.4) is 0 Å². The zero-order chi connectivity index (χ0) is 21.6. The van der Waals surface area contributed by atoms with Gasteiger partial charge in [0.15, 0.2) is 0 Å². The predicted molar refractivity (Wildman–Crippen MR) is 125 cm³/mol. The Hall–Kier alpha value is -2.57. The van der Waals surface area contributed by atoms with Gasteiger partial charge >= 0.3 is 0 Å². The molecule has 1 aliphatic rings. The molecule has 0 spiro atoms. The molecular formula is C25H29N3O2S. The second kappa shape index (κ2) is 10.2. The summed E-state index contributed by atoms with van der Waals surface area (Å²) < 4.78 is 5.28. The normalized spacial score (nSPS) is 16.9. The maximum absolute atomic E-state index is 12.9. The number of aromatic nitrogens is 1. The Kier molecular flexibility index (Phi) is 7.10. The highest BCUT2D eigenvalue weighted by Gasteiger charge is 2.18. The number of rotatable bonds is 7. The van der Waals surface area contributed by atoms with Crippen molar-refractivity contribution >= 4 is 23.4 Å². The van der Waals surface area contributed by atoms with Gasteiger partial charge in [-0.3, -0.25) is 9.69 Å². The van der Waals surface area contributed by atoms with E-state index in [1.54, 1.807) is 11.8 Å². The van der Waals surface area contributed by atoms with Crippen LogP contribution >= 0.6 is 11.8 Å². The Morgan fingerprint density at radius 2 is 2.00 bits per heavy atom. The lowest BCUT2D eigenvalue weighted by Gasteiger charge is -2.33. The van der Waals surface area contributed by atoms with E-state index in [4.69, 9.17) is 4.52 Å². The molecule has 1 saturated heterocycles. The molecule has 162 valence electrons. The van der Waals surface area contributed by atoms with E-state index in [0.29, 0.717) is 17.4 Å². The number of anilines is 1. The lowest BCUT2D eigenvalue weighted by molar-refractivity contribution is 0.102. The van der Waals surface area contributed by atoms with Crippen LogP contribution < -0.4 is 5.32 Å². The van der Waals surface area contributed by atoms with Crippen molar-refractivity contribution in [1.29, 1.82) is 0 Å². The molecule has 3 aromatic rings. The molecule has 0 radical (unpaired) electrons. The van der Waals surface area contributed by atoms with E-state index >= 15 is 0 Å². The predicted octanol–water partition coefficient (Wildman–Crippen LogP) is 5.90. The third-order valence-electron chi connectivity index (χ3n) is 5.72. The van der Waals surface area contributed by atoms with Gasteiger partial charge in [0.1, 0.15) is 5.76 Å². The van der Waals surface area contributed by atoms with E-state index in [2.05, 4.69) is 34.4 Å². The van der Waals surface area contributed by atoms with Crippen LogP contribution in [-0.2, 0) is 12.3 Å². The standard InChI is InChI=1S/C25H29N3O2S/c1-18-15-22(30-27-18)17-31-24-9-4-3-8-23(24)25(29)26-21-12-10-20(11-13-21)16-28-14-6-5-7-19(28)2/h3-4,8-13,15,19H,5-7,14,16-17H2,1-2H3,(H,26,29). The molecular weight excluding hydrogens is 406 g/mol. The van der Waals surface area contributed by atoms with E-state index in [0.717, 1.165) is 28.6 Å². The van der Waals surface area contributed by atoms with Crippen LogP contribution in [0, 0.1) is 6.92 Å². The maximum Gasteiger partial charge on any atom is 0.256 e. The Balaban J connectivity index is 1.38. The number of carbonyl (C=O) groups is 1. The summed E-state index contributed by atoms with van der Waals surface area (Å²) in [5.74, 6) is 1.33. The summed E-state index contributed by atoms with van der Waals surface area (Å²) in [7, 11) is 0. The first-order chi connectivity index (χ1) is 15.1. The average molecular weight is 436 g/mol. The molecule has 6 heteroatoms. The number of carbonyl (C=O) groups excluding carboxylic acids is 1. The number of hydrogen-bond donors (Lipinski definition) is 1. The van der Waals surface area contributed by atoms with Crippen molar-refractivity contribution in [3.05, 3.63) is 77.2 Å². The fourth-order valence-electron chi connectivity index (χ4n) is 3.93. The van der Waals surface area contributed by atoms with Gasteiger partial charge in [0, 0.05) is 29.2 Å². The van der Waals surface area contributed by atoms with Crippen LogP contribution in [0.2, 0.25) is 0 Å². The smallest absolute Gasteiger partial charge is 0.256 e. The fourth-order valence-corrected chi connectivity index (χ4v) is 4.86. The lowest BCUT2D eigenvalue weighted by Crippen LogP contribution is -2.36. The first-order valence-electron chi connectivity index (χ1n) is 10.9. The number of benzene rings is 2. The van der Waals surface area contributed by atoms with Gasteiger partial charge in [0.25, 0.3) is 5.91 Å². The summed E-state index contributed by atoms with van der Waals surface area (Å²) in [6, 6.07) is 18.4. The highest BCUT2D eigenvalue weighted by atomic mass is 32.2. The van der Waals surface area contributed by atoms with Crippen LogP contribution in [0.5, 0.6) is 0 Å². The summed E-state index contributed by atoms with van der Waals surface area (Å²) in [5.41, 5.74) is 3.62. The Bertz CT molecular complexity index is 1020. The van der Waals surface area contributed by atoms with Crippen molar-refractivity contribution in [3.8, 4) is 0 Å². The number of amides is 1. The molecule has 0 aliphatic carbocycles. The van der Waals surface area contributed by atoms with Gasteiger partial charge in [-0.25, -0.2) is 0 Å². The number of thioether (sulfide) groups is 1. The van der Waals surface area contributed by atoms with E-state index in [1.165, 1.54) is 31.4 Å². The van der Waals surface area contributed by atoms with Gasteiger partial charge in [-0.2, -0.15) is 0 Å². The largest absolute Gasteiger partial charge is 0.360 e. The summed E-state index contributed by atoms with van der Waals surface area (Å²) in [6.07, 6.45) is 3.90. The Morgan fingerprint density at radius 3 is 2.74 bits per heavy atom. The van der Waals surface area contributed by atoms with Crippen molar-refractivity contribution in [2.45, 2.75) is 56.3 Å². The maximum atomic E-state index is 12.9. The third kappa shape index (κ3) is 5.77. The molecule has 1 unspecified atom stereocenters. The van der Waals surface area contributed by atoms with Crippen molar-refractivity contribution in [1.82, 2.24) is 10.1 Å². The second-order valence-corrected chi connectivity index (χ2v) is 9.20. The SMILES string of the molecule is Cc1cc(CSc2ccccc2C(=O)Nc2ccc(CN3CCCCC3C)cc2)on1. The minimum atomic E-state index is -0.103. The van der Waals surface area contributed by atoms with Crippen LogP contribution in [-0.4, -0.2) is 28.6 Å². The average Bonchev–Trinajstić information content (AvgIpc) is 3.20. The topological polar surface area (TPSA) is 58.4 Å². The van der Waals surface area contributed by atoms with E-state index < -0.39 is 0 Å². The van der Waals surface area contributed by atoms with Crippen molar-refractivity contribution in [2.75, 3.05) is 11.9 Å². The molecule has 1 fully saturated rings. The highest BCUT2D eigenvalue weighted by Crippen LogP contribution is 2.27. The number of aryl methyl sites for hydroxylation is 1. The number of piperidine rings is 1. The second-order valence-electron chi connectivity index (χ2n) is 8.19. The van der Waals surface area contributed by atoms with Crippen molar-refractivity contribution in [3.63, 3.8) is 0 Å². The zero-order valence-corrected chi connectivity index (χ0v) is 19.0. The molecule has 1 amide bonds. The van der Waals surface area contributed by atoms with Crippen molar-refractivity contribution in [2.24, 2.45) is 0 Å². The molecule has 31 heavy (non-hydrogen) atoms. The molecule has 1 atom stereocenters. The first kappa shape index (κ1) is 21.7. The van der Waals surface area contributed by atoms with Gasteiger partial charge in [0.2, 0.25) is 0 Å². The van der Waals surface area contributed by atoms with Gasteiger partial charge in [0.05, 0.1) is 17.0 Å². The Morgan fingerprint density at radius 1 is 1.19 bits per heavy atom. The molecule has 1 aliphatic heterocycles. The quantitative estimate of drug-likeness (QED) is 0.468. The third-order valence-corrected chi connectivity index (χ3v) is 6.81. The number of likely N-dealkylation sites (tertiary alicyclic amines) is 1. The summed E-state index contributed by atoms with van der Waals surface area (Å²) in [4.78, 5) is 16.4. The van der Waals surface area contributed by atoms with E-state index in [-0.39, 0.29) is 5.91 Å². The highest BCUT2D eigenvalue weighted by molar-refractivity contribution is 7.98. The van der Waals surface area contributed by atoms with Crippen molar-refractivity contribution < 1.29 is 9.32 Å². The molecule has 1 aromatic heterocycles. The number of hydrogen-bond acceptors (Lipinski definition) is 5. The molecule has 0 bridgehead atoms.